The minimum absolute atomic E-state index is 0.122. The summed E-state index contributed by atoms with van der Waals surface area (Å²) in [7, 11) is 0. The molecule has 1 aliphatic carbocycles. The van der Waals surface area contributed by atoms with Crippen molar-refractivity contribution in [2.75, 3.05) is 12.3 Å². The van der Waals surface area contributed by atoms with E-state index in [0.717, 1.165) is 35.1 Å². The van der Waals surface area contributed by atoms with Crippen molar-refractivity contribution in [3.63, 3.8) is 0 Å². The number of nitrogens with zero attached hydrogens (tertiary/aromatic N) is 3. The maximum atomic E-state index is 12.7. The van der Waals surface area contributed by atoms with Crippen molar-refractivity contribution >= 4 is 33.8 Å². The van der Waals surface area contributed by atoms with Gasteiger partial charge in [-0.3, -0.25) is 0 Å². The molecule has 32 heavy (non-hydrogen) atoms. The average molecular weight is 439 g/mol. The van der Waals surface area contributed by atoms with Crippen LogP contribution in [0, 0.1) is 0 Å². The SMILES string of the molecule is CCOCc1nc2c(N)nc3ccccc3c2n1CC(C)(C)NC(=O)NC1CCCCC1. The molecule has 3 aromatic rings. The lowest BCUT2D eigenvalue weighted by Gasteiger charge is -2.30. The van der Waals surface area contributed by atoms with E-state index in [2.05, 4.69) is 20.2 Å². The number of ether oxygens (including phenoxy) is 1. The number of urea groups is 1. The van der Waals surface area contributed by atoms with E-state index in [4.69, 9.17) is 15.5 Å². The highest BCUT2D eigenvalue weighted by molar-refractivity contribution is 6.06. The molecule has 2 aromatic heterocycles. The zero-order chi connectivity index (χ0) is 22.7. The fraction of sp³-hybridized carbons (Fsp3) is 0.542. The van der Waals surface area contributed by atoms with Crippen LogP contribution in [0.5, 0.6) is 0 Å². The van der Waals surface area contributed by atoms with E-state index in [1.54, 1.807) is 0 Å². The number of nitrogen functional groups attached to an aromatic ring is 1. The topological polar surface area (TPSA) is 107 Å². The number of amides is 2. The molecular weight excluding hydrogens is 404 g/mol. The second kappa shape index (κ2) is 9.32. The molecular formula is C24H34N6O2. The lowest BCUT2D eigenvalue weighted by Crippen LogP contribution is -2.53. The first kappa shape index (κ1) is 22.3. The van der Waals surface area contributed by atoms with Crippen LogP contribution in [0.25, 0.3) is 21.9 Å². The van der Waals surface area contributed by atoms with Gasteiger partial charge in [-0.2, -0.15) is 0 Å². The highest BCUT2D eigenvalue weighted by atomic mass is 16.5. The molecule has 0 unspecified atom stereocenters. The summed E-state index contributed by atoms with van der Waals surface area (Å²) in [5.41, 5.74) is 8.16. The normalized spacial score (nSPS) is 15.3. The molecule has 2 heterocycles. The van der Waals surface area contributed by atoms with E-state index in [1.165, 1.54) is 19.3 Å². The number of nitrogens with one attached hydrogen (secondary N) is 2. The number of benzene rings is 1. The third-order valence-electron chi connectivity index (χ3n) is 6.07. The summed E-state index contributed by atoms with van der Waals surface area (Å²) in [6.07, 6.45) is 5.72. The molecule has 0 spiro atoms. The number of para-hydroxylation sites is 1. The summed E-state index contributed by atoms with van der Waals surface area (Å²) in [4.78, 5) is 22.0. The molecule has 4 N–H and O–H groups in total. The molecule has 1 aromatic carbocycles. The summed E-state index contributed by atoms with van der Waals surface area (Å²) < 4.78 is 7.81. The van der Waals surface area contributed by atoms with Crippen molar-refractivity contribution in [3.05, 3.63) is 30.1 Å². The number of rotatable bonds is 7. The van der Waals surface area contributed by atoms with Gasteiger partial charge in [0.15, 0.2) is 5.82 Å². The number of carbonyl (C=O) groups excluding carboxylic acids is 1. The van der Waals surface area contributed by atoms with Crippen LogP contribution in [-0.4, -0.2) is 38.8 Å². The molecule has 172 valence electrons. The first-order valence-electron chi connectivity index (χ1n) is 11.6. The molecule has 1 aliphatic rings. The van der Waals surface area contributed by atoms with Crippen molar-refractivity contribution in [1.29, 1.82) is 0 Å². The van der Waals surface area contributed by atoms with Gasteiger partial charge < -0.3 is 25.7 Å². The maximum Gasteiger partial charge on any atom is 0.315 e. The van der Waals surface area contributed by atoms with Crippen molar-refractivity contribution in [2.45, 2.75) is 77.6 Å². The van der Waals surface area contributed by atoms with Gasteiger partial charge in [-0.05, 0) is 39.7 Å². The van der Waals surface area contributed by atoms with Crippen molar-refractivity contribution in [1.82, 2.24) is 25.2 Å². The minimum atomic E-state index is -0.521. The van der Waals surface area contributed by atoms with Crippen molar-refractivity contribution < 1.29 is 9.53 Å². The largest absolute Gasteiger partial charge is 0.382 e. The van der Waals surface area contributed by atoms with Gasteiger partial charge in [0.25, 0.3) is 0 Å². The van der Waals surface area contributed by atoms with Gasteiger partial charge in [0.05, 0.1) is 16.6 Å². The lowest BCUT2D eigenvalue weighted by molar-refractivity contribution is 0.124. The van der Waals surface area contributed by atoms with E-state index < -0.39 is 5.54 Å². The molecule has 0 radical (unpaired) electrons. The minimum Gasteiger partial charge on any atom is -0.382 e. The average Bonchev–Trinajstić information content (AvgIpc) is 3.11. The number of hydrogen-bond acceptors (Lipinski definition) is 5. The number of hydrogen-bond donors (Lipinski definition) is 3. The summed E-state index contributed by atoms with van der Waals surface area (Å²) in [5, 5.41) is 7.30. The molecule has 1 saturated carbocycles. The first-order chi connectivity index (χ1) is 15.4. The van der Waals surface area contributed by atoms with Crippen LogP contribution in [0.4, 0.5) is 10.6 Å². The number of anilines is 1. The third-order valence-corrected chi connectivity index (χ3v) is 6.07. The second-order valence-electron chi connectivity index (χ2n) is 9.28. The Hall–Kier alpha value is -2.87. The van der Waals surface area contributed by atoms with E-state index in [-0.39, 0.29) is 12.1 Å². The predicted octanol–water partition coefficient (Wildman–Crippen LogP) is 4.11. The van der Waals surface area contributed by atoms with Gasteiger partial charge in [0, 0.05) is 24.6 Å². The molecule has 0 atom stereocenters. The third kappa shape index (κ3) is 4.80. The Balaban J connectivity index is 1.66. The predicted molar refractivity (Wildman–Crippen MR) is 127 cm³/mol. The quantitative estimate of drug-likeness (QED) is 0.514. The maximum absolute atomic E-state index is 12.7. The summed E-state index contributed by atoms with van der Waals surface area (Å²) >= 11 is 0. The summed E-state index contributed by atoms with van der Waals surface area (Å²) in [5.74, 6) is 1.17. The number of pyridine rings is 1. The molecule has 8 heteroatoms. The van der Waals surface area contributed by atoms with Crippen LogP contribution >= 0.6 is 0 Å². The monoisotopic (exact) mass is 438 g/mol. The molecule has 0 saturated heterocycles. The van der Waals surface area contributed by atoms with Gasteiger partial charge in [-0.25, -0.2) is 14.8 Å². The van der Waals surface area contributed by atoms with Crippen LogP contribution in [0.2, 0.25) is 0 Å². The second-order valence-corrected chi connectivity index (χ2v) is 9.28. The van der Waals surface area contributed by atoms with E-state index in [1.807, 2.05) is 45.0 Å². The van der Waals surface area contributed by atoms with Crippen LogP contribution in [0.15, 0.2) is 24.3 Å². The van der Waals surface area contributed by atoms with Gasteiger partial charge in [-0.15, -0.1) is 0 Å². The van der Waals surface area contributed by atoms with Crippen molar-refractivity contribution in [2.24, 2.45) is 0 Å². The molecule has 2 amide bonds. The Morgan fingerprint density at radius 3 is 2.72 bits per heavy atom. The summed E-state index contributed by atoms with van der Waals surface area (Å²) in [6, 6.07) is 8.05. The Kier molecular flexibility index (Phi) is 6.50. The Morgan fingerprint density at radius 1 is 1.22 bits per heavy atom. The number of aromatic nitrogens is 3. The fourth-order valence-corrected chi connectivity index (χ4v) is 4.59. The van der Waals surface area contributed by atoms with Gasteiger partial charge in [-0.1, -0.05) is 37.5 Å². The summed E-state index contributed by atoms with van der Waals surface area (Å²) in [6.45, 7) is 7.48. The number of carbonyl (C=O) groups is 1. The highest BCUT2D eigenvalue weighted by Gasteiger charge is 2.27. The van der Waals surface area contributed by atoms with E-state index in [0.29, 0.717) is 31.1 Å². The van der Waals surface area contributed by atoms with E-state index >= 15 is 0 Å². The molecule has 0 aliphatic heterocycles. The van der Waals surface area contributed by atoms with Crippen LogP contribution in [0.3, 0.4) is 0 Å². The number of imidazole rings is 1. The van der Waals surface area contributed by atoms with E-state index in [9.17, 15) is 4.79 Å². The van der Waals surface area contributed by atoms with Gasteiger partial charge in [0.1, 0.15) is 17.9 Å². The Bertz CT molecular complexity index is 1100. The van der Waals surface area contributed by atoms with Crippen LogP contribution in [-0.2, 0) is 17.9 Å². The first-order valence-corrected chi connectivity index (χ1v) is 11.6. The lowest BCUT2D eigenvalue weighted by atomic mass is 9.95. The molecule has 8 nitrogen and oxygen atoms in total. The van der Waals surface area contributed by atoms with Crippen LogP contribution in [0.1, 0.15) is 58.7 Å². The van der Waals surface area contributed by atoms with Crippen LogP contribution < -0.4 is 16.4 Å². The Labute approximate surface area is 188 Å². The molecule has 0 bridgehead atoms. The Morgan fingerprint density at radius 2 is 1.97 bits per heavy atom. The fourth-order valence-electron chi connectivity index (χ4n) is 4.59. The van der Waals surface area contributed by atoms with Gasteiger partial charge >= 0.3 is 6.03 Å². The van der Waals surface area contributed by atoms with Gasteiger partial charge in [0.2, 0.25) is 0 Å². The zero-order valence-electron chi connectivity index (χ0n) is 19.3. The molecule has 4 rings (SSSR count). The molecule has 1 fully saturated rings. The zero-order valence-corrected chi connectivity index (χ0v) is 19.3. The highest BCUT2D eigenvalue weighted by Crippen LogP contribution is 2.30. The van der Waals surface area contributed by atoms with Crippen molar-refractivity contribution in [3.8, 4) is 0 Å². The number of nitrogens with two attached hydrogens (primary N) is 1. The smallest absolute Gasteiger partial charge is 0.315 e. The standard InChI is InChI=1S/C24H34N6O2/c1-4-32-14-19-28-20-21(17-12-8-9-13-18(17)27-22(20)25)30(19)15-24(2,3)29-23(31)26-16-10-6-5-7-11-16/h8-9,12-13,16H,4-7,10-11,14-15H2,1-3H3,(H2,25,27)(H2,26,29,31). The number of fused-ring (bicyclic) bond motifs is 3.